The number of hydrogen-bond acceptors (Lipinski definition) is 5. The molecule has 7 nitrogen and oxygen atoms in total. The highest BCUT2D eigenvalue weighted by atomic mass is 32.2. The molecular formula is C13H22N4O3S. The number of likely N-dealkylation sites (N-methyl/N-ethyl adjacent to an activating group) is 1. The second kappa shape index (κ2) is 6.04. The van der Waals surface area contributed by atoms with Crippen LogP contribution in [0.5, 0.6) is 0 Å². The van der Waals surface area contributed by atoms with E-state index in [0.717, 1.165) is 32.4 Å². The fourth-order valence-electron chi connectivity index (χ4n) is 3.01. The fourth-order valence-corrected chi connectivity index (χ4v) is 4.23. The monoisotopic (exact) mass is 314 g/mol. The summed E-state index contributed by atoms with van der Waals surface area (Å²) in [5, 5.41) is 7.28. The van der Waals surface area contributed by atoms with Crippen molar-refractivity contribution < 1.29 is 13.2 Å². The number of nitrogens with one attached hydrogen (secondary N) is 2. The van der Waals surface area contributed by atoms with Gasteiger partial charge in [0, 0.05) is 12.7 Å². The summed E-state index contributed by atoms with van der Waals surface area (Å²) in [6.45, 7) is 4.34. The lowest BCUT2D eigenvalue weighted by Crippen LogP contribution is -2.41. The number of fused-ring (bicyclic) bond motifs is 2. The van der Waals surface area contributed by atoms with Crippen LogP contribution in [0.3, 0.4) is 0 Å². The Morgan fingerprint density at radius 1 is 1.48 bits per heavy atom. The van der Waals surface area contributed by atoms with Gasteiger partial charge in [0.25, 0.3) is 0 Å². The van der Waals surface area contributed by atoms with Crippen molar-refractivity contribution >= 4 is 10.0 Å². The molecule has 0 spiro atoms. The molecule has 0 aromatic carbocycles. The average Bonchev–Trinajstić information content (AvgIpc) is 3.13. The van der Waals surface area contributed by atoms with Crippen LogP contribution in [0, 0.1) is 0 Å². The zero-order valence-corrected chi connectivity index (χ0v) is 13.0. The molecule has 3 heterocycles. The molecule has 21 heavy (non-hydrogen) atoms. The molecule has 0 radical (unpaired) electrons. The maximum absolute atomic E-state index is 12.4. The molecule has 1 aromatic rings. The van der Waals surface area contributed by atoms with E-state index in [1.165, 1.54) is 6.20 Å². The predicted octanol–water partition coefficient (Wildman–Crippen LogP) is 0.0908. The summed E-state index contributed by atoms with van der Waals surface area (Å²) in [6.07, 6.45) is 6.01. The Kier molecular flexibility index (Phi) is 4.30. The van der Waals surface area contributed by atoms with Crippen molar-refractivity contribution in [2.75, 3.05) is 13.1 Å². The molecule has 2 bridgehead atoms. The van der Waals surface area contributed by atoms with Crippen molar-refractivity contribution in [3.8, 4) is 0 Å². The van der Waals surface area contributed by atoms with Gasteiger partial charge in [-0.1, -0.05) is 6.92 Å². The molecule has 1 aromatic heterocycles. The summed E-state index contributed by atoms with van der Waals surface area (Å²) in [6, 6.07) is -0.0983. The van der Waals surface area contributed by atoms with Gasteiger partial charge in [-0.2, -0.15) is 5.10 Å². The van der Waals surface area contributed by atoms with Crippen LogP contribution < -0.4 is 10.0 Å². The first-order valence-electron chi connectivity index (χ1n) is 7.49. The Balaban J connectivity index is 1.62. The van der Waals surface area contributed by atoms with Crippen molar-refractivity contribution in [1.82, 2.24) is 19.8 Å². The van der Waals surface area contributed by atoms with Crippen LogP contribution in [0.1, 0.15) is 26.2 Å². The van der Waals surface area contributed by atoms with Gasteiger partial charge >= 0.3 is 0 Å². The van der Waals surface area contributed by atoms with Gasteiger partial charge in [-0.3, -0.25) is 4.68 Å². The Morgan fingerprint density at radius 3 is 3.00 bits per heavy atom. The van der Waals surface area contributed by atoms with E-state index in [0.29, 0.717) is 6.54 Å². The molecule has 118 valence electrons. The zero-order chi connectivity index (χ0) is 14.9. The Morgan fingerprint density at radius 2 is 2.33 bits per heavy atom. The largest absolute Gasteiger partial charge is 0.373 e. The minimum absolute atomic E-state index is 0.0357. The standard InChI is InChI=1S/C13H22N4O3S/c1-2-14-5-6-17-9-11(8-15-17)21(18,19)16-12-7-10-3-4-13(12)20-10/h8-10,12-14,16H,2-7H2,1H3. The molecule has 3 unspecified atom stereocenters. The van der Waals surface area contributed by atoms with Crippen LogP contribution in [0.15, 0.2) is 17.3 Å². The second-order valence-corrected chi connectivity index (χ2v) is 7.34. The Bertz CT molecular complexity index is 586. The first kappa shape index (κ1) is 15.0. The van der Waals surface area contributed by atoms with Crippen molar-refractivity contribution in [2.24, 2.45) is 0 Å². The Hall–Kier alpha value is -0.960. The van der Waals surface area contributed by atoms with E-state index in [1.54, 1.807) is 10.9 Å². The maximum atomic E-state index is 12.4. The lowest BCUT2D eigenvalue weighted by molar-refractivity contribution is 0.0996. The summed E-state index contributed by atoms with van der Waals surface area (Å²) in [5.41, 5.74) is 0. The summed E-state index contributed by atoms with van der Waals surface area (Å²) >= 11 is 0. The van der Waals surface area contributed by atoms with Crippen LogP contribution in [0.2, 0.25) is 0 Å². The van der Waals surface area contributed by atoms with Gasteiger partial charge in [0.05, 0.1) is 31.0 Å². The minimum Gasteiger partial charge on any atom is -0.373 e. The molecule has 0 amide bonds. The van der Waals surface area contributed by atoms with Crippen LogP contribution >= 0.6 is 0 Å². The molecule has 2 N–H and O–H groups in total. The number of aromatic nitrogens is 2. The van der Waals surface area contributed by atoms with Crippen LogP contribution in [-0.2, 0) is 21.3 Å². The highest BCUT2D eigenvalue weighted by molar-refractivity contribution is 7.89. The highest BCUT2D eigenvalue weighted by Crippen LogP contribution is 2.34. The molecule has 2 fully saturated rings. The first-order chi connectivity index (χ1) is 10.1. The van der Waals surface area contributed by atoms with Crippen LogP contribution in [0.25, 0.3) is 0 Å². The van der Waals surface area contributed by atoms with E-state index in [9.17, 15) is 8.42 Å². The van der Waals surface area contributed by atoms with Gasteiger partial charge in [-0.25, -0.2) is 13.1 Å². The van der Waals surface area contributed by atoms with Gasteiger partial charge in [-0.05, 0) is 25.8 Å². The molecule has 0 aliphatic carbocycles. The van der Waals surface area contributed by atoms with E-state index in [4.69, 9.17) is 4.74 Å². The van der Waals surface area contributed by atoms with Gasteiger partial charge in [0.1, 0.15) is 4.90 Å². The number of ether oxygens (including phenoxy) is 1. The molecule has 8 heteroatoms. The first-order valence-corrected chi connectivity index (χ1v) is 8.98. The van der Waals surface area contributed by atoms with Crippen molar-refractivity contribution in [3.05, 3.63) is 12.4 Å². The fraction of sp³-hybridized carbons (Fsp3) is 0.769. The molecule has 0 saturated carbocycles. The topological polar surface area (TPSA) is 85.2 Å². The third kappa shape index (κ3) is 3.28. The highest BCUT2D eigenvalue weighted by Gasteiger charge is 2.42. The summed E-state index contributed by atoms with van der Waals surface area (Å²) < 4.78 is 34.8. The van der Waals surface area contributed by atoms with Gasteiger partial charge in [0.2, 0.25) is 10.0 Å². The molecule has 2 aliphatic heterocycles. The van der Waals surface area contributed by atoms with Gasteiger partial charge in [0.15, 0.2) is 0 Å². The summed E-state index contributed by atoms with van der Waals surface area (Å²) in [7, 11) is -3.51. The second-order valence-electron chi connectivity index (χ2n) is 5.63. The van der Waals surface area contributed by atoms with E-state index < -0.39 is 10.0 Å². The lowest BCUT2D eigenvalue weighted by atomic mass is 9.96. The normalized spacial score (nSPS) is 28.3. The van der Waals surface area contributed by atoms with E-state index >= 15 is 0 Å². The predicted molar refractivity (Wildman–Crippen MR) is 77.4 cm³/mol. The smallest absolute Gasteiger partial charge is 0.244 e. The third-order valence-corrected chi connectivity index (χ3v) is 5.54. The maximum Gasteiger partial charge on any atom is 0.244 e. The molecule has 2 saturated heterocycles. The van der Waals surface area contributed by atoms with E-state index in [1.807, 2.05) is 6.92 Å². The van der Waals surface area contributed by atoms with Crippen molar-refractivity contribution in [3.63, 3.8) is 0 Å². The van der Waals surface area contributed by atoms with Crippen molar-refractivity contribution in [1.29, 1.82) is 0 Å². The summed E-state index contributed by atoms with van der Waals surface area (Å²) in [5.74, 6) is 0. The molecule has 3 rings (SSSR count). The van der Waals surface area contributed by atoms with E-state index in [2.05, 4.69) is 15.1 Å². The third-order valence-electron chi connectivity index (χ3n) is 4.10. The molecule has 2 aliphatic rings. The zero-order valence-electron chi connectivity index (χ0n) is 12.2. The number of hydrogen-bond donors (Lipinski definition) is 2. The van der Waals surface area contributed by atoms with Crippen molar-refractivity contribution in [2.45, 2.75) is 55.9 Å². The molecular weight excluding hydrogens is 292 g/mol. The van der Waals surface area contributed by atoms with Gasteiger partial charge in [-0.15, -0.1) is 0 Å². The molecule has 3 atom stereocenters. The van der Waals surface area contributed by atoms with Crippen LogP contribution in [0.4, 0.5) is 0 Å². The number of rotatable bonds is 7. The quantitative estimate of drug-likeness (QED) is 0.697. The number of nitrogens with zero attached hydrogens (tertiary/aromatic N) is 2. The van der Waals surface area contributed by atoms with Crippen LogP contribution in [-0.4, -0.2) is 49.5 Å². The lowest BCUT2D eigenvalue weighted by Gasteiger charge is -2.19. The Labute approximate surface area is 125 Å². The SMILES string of the molecule is CCNCCn1cc(S(=O)(=O)NC2CC3CCC2O3)cn1. The summed E-state index contributed by atoms with van der Waals surface area (Å²) in [4.78, 5) is 0.224. The van der Waals surface area contributed by atoms with Gasteiger partial charge < -0.3 is 10.1 Å². The number of sulfonamides is 1. The minimum atomic E-state index is -3.51. The average molecular weight is 314 g/mol. The van der Waals surface area contributed by atoms with E-state index in [-0.39, 0.29) is 23.1 Å².